The summed E-state index contributed by atoms with van der Waals surface area (Å²) in [6, 6.07) is 3.64. The van der Waals surface area contributed by atoms with Crippen LogP contribution in [0.4, 0.5) is 0 Å². The Kier molecular flexibility index (Phi) is 2.58. The van der Waals surface area contributed by atoms with Crippen molar-refractivity contribution in [3.8, 4) is 5.75 Å². The smallest absolute Gasteiger partial charge is 0.314 e. The van der Waals surface area contributed by atoms with Gasteiger partial charge in [-0.05, 0) is 30.9 Å². The first-order valence-electron chi connectivity index (χ1n) is 5.10. The maximum Gasteiger partial charge on any atom is 0.314 e. The molecule has 0 unspecified atom stereocenters. The molecular weight excluding hydrogens is 228 g/mol. The van der Waals surface area contributed by atoms with Gasteiger partial charge in [0.2, 0.25) is 0 Å². The molecule has 0 amide bonds. The second-order valence-electron chi connectivity index (χ2n) is 4.16. The summed E-state index contributed by atoms with van der Waals surface area (Å²) in [5, 5.41) is 9.65. The molecule has 1 aromatic rings. The van der Waals surface area contributed by atoms with Gasteiger partial charge in [0.1, 0.15) is 5.75 Å². The number of carbonyl (C=O) groups is 1. The van der Waals surface area contributed by atoms with Crippen LogP contribution in [0.25, 0.3) is 0 Å². The average molecular weight is 241 g/mol. The molecule has 16 heavy (non-hydrogen) atoms. The third kappa shape index (κ3) is 1.47. The fourth-order valence-corrected chi connectivity index (χ4v) is 2.47. The summed E-state index contributed by atoms with van der Waals surface area (Å²) in [7, 11) is 1.54. The second kappa shape index (κ2) is 3.67. The number of carboxylic acid groups (broad SMARTS) is 1. The van der Waals surface area contributed by atoms with E-state index in [0.717, 1.165) is 5.56 Å². The van der Waals surface area contributed by atoms with Gasteiger partial charge in [-0.25, -0.2) is 0 Å². The number of hydrogen-bond donors (Lipinski definition) is 1. The highest BCUT2D eigenvalue weighted by Crippen LogP contribution is 2.52. The molecule has 0 radical (unpaired) electrons. The molecule has 0 heterocycles. The Balaban J connectivity index is 2.55. The minimum atomic E-state index is -0.805. The van der Waals surface area contributed by atoms with Crippen molar-refractivity contribution in [2.45, 2.75) is 25.2 Å². The first kappa shape index (κ1) is 11.3. The van der Waals surface area contributed by atoms with Crippen LogP contribution < -0.4 is 4.74 Å². The van der Waals surface area contributed by atoms with Crippen LogP contribution in [-0.4, -0.2) is 18.2 Å². The predicted molar refractivity (Wildman–Crippen MR) is 61.3 cm³/mol. The number of hydrogen-bond acceptors (Lipinski definition) is 2. The van der Waals surface area contributed by atoms with Crippen LogP contribution in [0.5, 0.6) is 5.75 Å². The molecule has 86 valence electrons. The minimum Gasteiger partial charge on any atom is -0.495 e. The highest BCUT2D eigenvalue weighted by Gasteiger charge is 2.53. The molecule has 0 bridgehead atoms. The number of halogens is 1. The number of methoxy groups -OCH3 is 1. The van der Waals surface area contributed by atoms with Crippen molar-refractivity contribution in [1.29, 1.82) is 0 Å². The van der Waals surface area contributed by atoms with Gasteiger partial charge in [-0.3, -0.25) is 4.79 Å². The average Bonchev–Trinajstić information content (AvgIpc) is 2.99. The molecule has 2 rings (SSSR count). The molecule has 0 aliphatic heterocycles. The molecule has 1 aliphatic carbocycles. The lowest BCUT2D eigenvalue weighted by Gasteiger charge is -2.16. The zero-order valence-electron chi connectivity index (χ0n) is 9.21. The third-order valence-electron chi connectivity index (χ3n) is 3.17. The van der Waals surface area contributed by atoms with Gasteiger partial charge in [0, 0.05) is 0 Å². The first-order valence-corrected chi connectivity index (χ1v) is 5.47. The topological polar surface area (TPSA) is 46.5 Å². The molecule has 1 saturated carbocycles. The lowest BCUT2D eigenvalue weighted by Crippen LogP contribution is -2.20. The molecular formula is C12H13ClO3. The van der Waals surface area contributed by atoms with E-state index in [1.165, 1.54) is 0 Å². The van der Waals surface area contributed by atoms with Crippen molar-refractivity contribution in [2.75, 3.05) is 7.11 Å². The first-order chi connectivity index (χ1) is 7.53. The molecule has 1 aliphatic rings. The Hall–Kier alpha value is -1.22. The Morgan fingerprint density at radius 3 is 2.56 bits per heavy atom. The van der Waals surface area contributed by atoms with Gasteiger partial charge in [-0.1, -0.05) is 23.7 Å². The van der Waals surface area contributed by atoms with E-state index in [-0.39, 0.29) is 0 Å². The fourth-order valence-electron chi connectivity index (χ4n) is 2.00. The zero-order chi connectivity index (χ0) is 11.9. The fraction of sp³-hybridized carbons (Fsp3) is 0.417. The zero-order valence-corrected chi connectivity index (χ0v) is 9.97. The summed E-state index contributed by atoms with van der Waals surface area (Å²) < 4.78 is 5.19. The summed E-state index contributed by atoms with van der Waals surface area (Å²) in [5.74, 6) is -0.230. The monoisotopic (exact) mass is 240 g/mol. The summed E-state index contributed by atoms with van der Waals surface area (Å²) in [6.07, 6.45) is 1.29. The van der Waals surface area contributed by atoms with Crippen molar-refractivity contribution in [3.05, 3.63) is 28.3 Å². The van der Waals surface area contributed by atoms with E-state index >= 15 is 0 Å². The van der Waals surface area contributed by atoms with E-state index in [1.54, 1.807) is 13.2 Å². The molecule has 0 spiro atoms. The molecule has 4 heteroatoms. The van der Waals surface area contributed by atoms with Crippen LogP contribution in [-0.2, 0) is 10.2 Å². The highest BCUT2D eigenvalue weighted by molar-refractivity contribution is 6.33. The van der Waals surface area contributed by atoms with Crippen LogP contribution in [0.1, 0.15) is 24.0 Å². The normalized spacial score (nSPS) is 16.9. The summed E-state index contributed by atoms with van der Waals surface area (Å²) >= 11 is 6.19. The molecule has 1 aromatic carbocycles. The summed E-state index contributed by atoms with van der Waals surface area (Å²) in [4.78, 5) is 11.2. The summed E-state index contributed by atoms with van der Waals surface area (Å²) in [6.45, 7) is 1.88. The molecule has 1 N–H and O–H groups in total. The minimum absolute atomic E-state index is 0.433. The van der Waals surface area contributed by atoms with Crippen LogP contribution in [0.3, 0.4) is 0 Å². The number of benzene rings is 1. The molecule has 1 fully saturated rings. The van der Waals surface area contributed by atoms with Crippen LogP contribution in [0, 0.1) is 6.92 Å². The van der Waals surface area contributed by atoms with E-state index in [2.05, 4.69) is 0 Å². The van der Waals surface area contributed by atoms with E-state index in [9.17, 15) is 9.90 Å². The Morgan fingerprint density at radius 1 is 1.50 bits per heavy atom. The van der Waals surface area contributed by atoms with Crippen LogP contribution >= 0.6 is 11.6 Å². The van der Waals surface area contributed by atoms with Gasteiger partial charge in [0.15, 0.2) is 0 Å². The molecule has 3 nitrogen and oxygen atoms in total. The van der Waals surface area contributed by atoms with E-state index in [1.807, 2.05) is 13.0 Å². The van der Waals surface area contributed by atoms with Gasteiger partial charge >= 0.3 is 5.97 Å². The standard InChI is InChI=1S/C12H13ClO3/c1-7-3-4-8(9(13)10(7)16-2)12(5-6-12)11(14)15/h3-4H,5-6H2,1-2H3,(H,14,15). The van der Waals surface area contributed by atoms with Gasteiger partial charge in [-0.15, -0.1) is 0 Å². The lowest BCUT2D eigenvalue weighted by atomic mass is 9.94. The van der Waals surface area contributed by atoms with E-state index in [4.69, 9.17) is 16.3 Å². The van der Waals surface area contributed by atoms with Crippen molar-refractivity contribution in [2.24, 2.45) is 0 Å². The SMILES string of the molecule is COc1c(C)ccc(C2(C(=O)O)CC2)c1Cl. The maximum absolute atomic E-state index is 11.2. The van der Waals surface area contributed by atoms with Crippen LogP contribution in [0.15, 0.2) is 12.1 Å². The second-order valence-corrected chi connectivity index (χ2v) is 4.54. The number of ether oxygens (including phenoxy) is 1. The molecule has 0 aromatic heterocycles. The van der Waals surface area contributed by atoms with Gasteiger partial charge in [-0.2, -0.15) is 0 Å². The van der Waals surface area contributed by atoms with Crippen molar-refractivity contribution >= 4 is 17.6 Å². The largest absolute Gasteiger partial charge is 0.495 e. The predicted octanol–water partition coefficient (Wildman–Crippen LogP) is 2.77. The number of aliphatic carboxylic acids is 1. The van der Waals surface area contributed by atoms with Gasteiger partial charge < -0.3 is 9.84 Å². The Morgan fingerprint density at radius 2 is 2.12 bits per heavy atom. The number of carboxylic acids is 1. The third-order valence-corrected chi connectivity index (χ3v) is 3.55. The van der Waals surface area contributed by atoms with E-state index < -0.39 is 11.4 Å². The lowest BCUT2D eigenvalue weighted by molar-refractivity contribution is -0.140. The van der Waals surface area contributed by atoms with Crippen LogP contribution in [0.2, 0.25) is 5.02 Å². The molecule has 0 atom stereocenters. The van der Waals surface area contributed by atoms with Crippen molar-refractivity contribution in [1.82, 2.24) is 0 Å². The summed E-state index contributed by atoms with van der Waals surface area (Å²) in [5.41, 5.74) is 0.805. The van der Waals surface area contributed by atoms with Gasteiger partial charge in [0.25, 0.3) is 0 Å². The Labute approximate surface area is 99.0 Å². The quantitative estimate of drug-likeness (QED) is 0.884. The number of aryl methyl sites for hydroxylation is 1. The van der Waals surface area contributed by atoms with E-state index in [0.29, 0.717) is 29.2 Å². The Bertz CT molecular complexity index is 450. The highest BCUT2D eigenvalue weighted by atomic mass is 35.5. The maximum atomic E-state index is 11.2. The molecule has 0 saturated heterocycles. The number of rotatable bonds is 3. The van der Waals surface area contributed by atoms with Crippen molar-refractivity contribution < 1.29 is 14.6 Å². The van der Waals surface area contributed by atoms with Crippen molar-refractivity contribution in [3.63, 3.8) is 0 Å². The van der Waals surface area contributed by atoms with Gasteiger partial charge in [0.05, 0.1) is 17.5 Å².